The molecular weight excluding hydrogens is 388 g/mol. The van der Waals surface area contributed by atoms with Crippen molar-refractivity contribution in [3.8, 4) is 11.5 Å². The molecule has 8 heteroatoms. The lowest BCUT2D eigenvalue weighted by molar-refractivity contribution is 0.295. The second kappa shape index (κ2) is 8.69. The van der Waals surface area contributed by atoms with Crippen LogP contribution in [-0.2, 0) is 19.4 Å². The fraction of sp³-hybridized carbons (Fsp3) is 0.304. The molecule has 0 radical (unpaired) electrons. The topological polar surface area (TPSA) is 94.3 Å². The molecule has 31 heavy (non-hydrogen) atoms. The van der Waals surface area contributed by atoms with E-state index >= 15 is 0 Å². The molecule has 0 spiro atoms. The zero-order valence-electron chi connectivity index (χ0n) is 17.4. The minimum Gasteiger partial charge on any atom is -0.316 e. The van der Waals surface area contributed by atoms with Gasteiger partial charge >= 0.3 is 0 Å². The van der Waals surface area contributed by atoms with Crippen molar-refractivity contribution in [1.29, 1.82) is 0 Å². The van der Waals surface area contributed by atoms with E-state index in [9.17, 15) is 0 Å². The van der Waals surface area contributed by atoms with Crippen molar-refractivity contribution in [2.24, 2.45) is 5.92 Å². The van der Waals surface area contributed by atoms with Gasteiger partial charge in [0.25, 0.3) is 0 Å². The van der Waals surface area contributed by atoms with Crippen LogP contribution in [0, 0.1) is 12.8 Å². The minimum atomic E-state index is 0.616. The third-order valence-electron chi connectivity index (χ3n) is 5.32. The van der Waals surface area contributed by atoms with Crippen LogP contribution in [0.25, 0.3) is 11.5 Å². The Hall–Kier alpha value is -3.52. The smallest absolute Gasteiger partial charge is 0.178 e. The van der Waals surface area contributed by atoms with Gasteiger partial charge in [-0.05, 0) is 36.8 Å². The first-order chi connectivity index (χ1) is 15.2. The summed E-state index contributed by atoms with van der Waals surface area (Å²) in [4.78, 5) is 22.8. The normalized spacial score (nSPS) is 13.8. The molecule has 1 aliphatic rings. The van der Waals surface area contributed by atoms with Crippen molar-refractivity contribution in [1.82, 2.24) is 40.0 Å². The summed E-state index contributed by atoms with van der Waals surface area (Å²) in [5.74, 6) is 2.10. The second-order valence-corrected chi connectivity index (χ2v) is 7.95. The van der Waals surface area contributed by atoms with Gasteiger partial charge in [-0.25, -0.2) is 24.9 Å². The Bertz CT molecular complexity index is 1180. The van der Waals surface area contributed by atoms with Crippen LogP contribution in [0.3, 0.4) is 0 Å². The molecule has 0 unspecified atom stereocenters. The summed E-state index contributed by atoms with van der Waals surface area (Å²) in [6, 6.07) is 9.71. The molecule has 1 aliphatic heterocycles. The molecule has 0 saturated carbocycles. The third kappa shape index (κ3) is 4.80. The fourth-order valence-electron chi connectivity index (χ4n) is 3.62. The molecule has 0 amide bonds. The monoisotopic (exact) mass is 412 g/mol. The Morgan fingerprint density at radius 2 is 1.81 bits per heavy atom. The molecule has 5 rings (SSSR count). The van der Waals surface area contributed by atoms with Gasteiger partial charge in [0.2, 0.25) is 0 Å². The lowest BCUT2D eigenvalue weighted by Gasteiger charge is -2.26. The predicted molar refractivity (Wildman–Crippen MR) is 116 cm³/mol. The third-order valence-corrected chi connectivity index (χ3v) is 5.32. The lowest BCUT2D eigenvalue weighted by Crippen LogP contribution is -2.44. The van der Waals surface area contributed by atoms with Crippen molar-refractivity contribution in [2.45, 2.75) is 26.3 Å². The van der Waals surface area contributed by atoms with E-state index in [0.717, 1.165) is 53.8 Å². The SMILES string of the molecule is Cc1cccc(-c2nccc(Cc3ccnc(Cc4cnn(CC5CNC5)c4)n3)n2)n1. The Kier molecular flexibility index (Phi) is 5.45. The van der Waals surface area contributed by atoms with E-state index in [2.05, 4.69) is 36.5 Å². The number of nitrogens with one attached hydrogen (secondary N) is 1. The quantitative estimate of drug-likeness (QED) is 0.497. The zero-order valence-corrected chi connectivity index (χ0v) is 17.4. The molecule has 1 N–H and O–H groups in total. The lowest BCUT2D eigenvalue weighted by atomic mass is 10.0. The number of rotatable bonds is 7. The Labute approximate surface area is 180 Å². The largest absolute Gasteiger partial charge is 0.316 e. The van der Waals surface area contributed by atoms with Gasteiger partial charge in [-0.1, -0.05) is 6.07 Å². The maximum absolute atomic E-state index is 4.74. The summed E-state index contributed by atoms with van der Waals surface area (Å²) in [7, 11) is 0. The summed E-state index contributed by atoms with van der Waals surface area (Å²) in [6.07, 6.45) is 8.87. The van der Waals surface area contributed by atoms with Crippen molar-refractivity contribution in [3.63, 3.8) is 0 Å². The standard InChI is InChI=1S/C23H24N8/c1-16-3-2-4-21(28-16)23-26-8-6-20(30-23)10-19-5-7-25-22(29-19)9-17-13-27-31(14-17)15-18-11-24-12-18/h2-8,13-14,18,24H,9-12,15H2,1H3. The summed E-state index contributed by atoms with van der Waals surface area (Å²) in [6.45, 7) is 5.07. The molecule has 1 saturated heterocycles. The molecule has 0 aliphatic carbocycles. The second-order valence-electron chi connectivity index (χ2n) is 7.95. The number of aryl methyl sites for hydroxylation is 1. The van der Waals surface area contributed by atoms with Crippen molar-refractivity contribution >= 4 is 0 Å². The number of aromatic nitrogens is 7. The highest BCUT2D eigenvalue weighted by molar-refractivity contribution is 5.49. The van der Waals surface area contributed by atoms with Gasteiger partial charge in [0.1, 0.15) is 11.5 Å². The summed E-state index contributed by atoms with van der Waals surface area (Å²) >= 11 is 0. The van der Waals surface area contributed by atoms with Gasteiger partial charge in [0, 0.05) is 62.7 Å². The van der Waals surface area contributed by atoms with Gasteiger partial charge in [0.05, 0.1) is 17.6 Å². The van der Waals surface area contributed by atoms with Gasteiger partial charge in [-0.2, -0.15) is 5.10 Å². The van der Waals surface area contributed by atoms with Crippen molar-refractivity contribution in [2.75, 3.05) is 13.1 Å². The highest BCUT2D eigenvalue weighted by Gasteiger charge is 2.17. The highest BCUT2D eigenvalue weighted by atomic mass is 15.3. The number of nitrogens with zero attached hydrogens (tertiary/aromatic N) is 7. The number of hydrogen-bond acceptors (Lipinski definition) is 7. The van der Waals surface area contributed by atoms with E-state index in [1.54, 1.807) is 6.20 Å². The van der Waals surface area contributed by atoms with Crippen LogP contribution in [0.5, 0.6) is 0 Å². The molecule has 8 nitrogen and oxygen atoms in total. The first kappa shape index (κ1) is 19.4. The maximum atomic E-state index is 4.74. The van der Waals surface area contributed by atoms with Crippen LogP contribution in [-0.4, -0.2) is 47.8 Å². The van der Waals surface area contributed by atoms with Crippen LogP contribution >= 0.6 is 0 Å². The Morgan fingerprint density at radius 1 is 0.968 bits per heavy atom. The number of pyridine rings is 1. The average molecular weight is 413 g/mol. The van der Waals surface area contributed by atoms with E-state index in [4.69, 9.17) is 4.98 Å². The van der Waals surface area contributed by atoms with Gasteiger partial charge in [0.15, 0.2) is 5.82 Å². The molecule has 5 heterocycles. The number of hydrogen-bond donors (Lipinski definition) is 1. The van der Waals surface area contributed by atoms with Gasteiger partial charge in [-0.15, -0.1) is 0 Å². The Balaban J connectivity index is 1.28. The van der Waals surface area contributed by atoms with E-state index in [1.165, 1.54) is 0 Å². The van der Waals surface area contributed by atoms with Crippen LogP contribution in [0.15, 0.2) is 55.1 Å². The summed E-state index contributed by atoms with van der Waals surface area (Å²) < 4.78 is 2.02. The molecular formula is C23H24N8. The van der Waals surface area contributed by atoms with E-state index in [1.807, 2.05) is 54.3 Å². The van der Waals surface area contributed by atoms with Crippen molar-refractivity contribution in [3.05, 3.63) is 83.6 Å². The van der Waals surface area contributed by atoms with E-state index in [-0.39, 0.29) is 0 Å². The van der Waals surface area contributed by atoms with E-state index < -0.39 is 0 Å². The molecule has 4 aromatic rings. The van der Waals surface area contributed by atoms with Crippen molar-refractivity contribution < 1.29 is 0 Å². The molecule has 1 fully saturated rings. The zero-order chi connectivity index (χ0) is 21.0. The molecule has 156 valence electrons. The fourth-order valence-corrected chi connectivity index (χ4v) is 3.62. The maximum Gasteiger partial charge on any atom is 0.178 e. The van der Waals surface area contributed by atoms with E-state index in [0.29, 0.717) is 24.6 Å². The summed E-state index contributed by atoms with van der Waals surface area (Å²) in [5.41, 5.74) is 4.68. The first-order valence-corrected chi connectivity index (χ1v) is 10.5. The van der Waals surface area contributed by atoms with Crippen LogP contribution in [0.4, 0.5) is 0 Å². The van der Waals surface area contributed by atoms with Gasteiger partial charge < -0.3 is 5.32 Å². The molecule has 0 atom stereocenters. The van der Waals surface area contributed by atoms with Crippen LogP contribution in [0.2, 0.25) is 0 Å². The molecule has 4 aromatic heterocycles. The van der Waals surface area contributed by atoms with Crippen LogP contribution in [0.1, 0.15) is 28.5 Å². The minimum absolute atomic E-state index is 0.616. The van der Waals surface area contributed by atoms with Crippen LogP contribution < -0.4 is 5.32 Å². The first-order valence-electron chi connectivity index (χ1n) is 10.5. The highest BCUT2D eigenvalue weighted by Crippen LogP contribution is 2.14. The molecule has 0 bridgehead atoms. The Morgan fingerprint density at radius 3 is 2.61 bits per heavy atom. The molecule has 0 aromatic carbocycles. The summed E-state index contributed by atoms with van der Waals surface area (Å²) in [5, 5.41) is 7.78. The average Bonchev–Trinajstić information content (AvgIpc) is 3.18. The van der Waals surface area contributed by atoms with Gasteiger partial charge in [-0.3, -0.25) is 4.68 Å². The predicted octanol–water partition coefficient (Wildman–Crippen LogP) is 2.23.